The second-order valence-electron chi connectivity index (χ2n) is 3.08. The molecule has 0 aliphatic carbocycles. The van der Waals surface area contributed by atoms with E-state index in [1.165, 1.54) is 12.3 Å². The van der Waals surface area contributed by atoms with Crippen LogP contribution < -0.4 is 0 Å². The molecule has 1 aliphatic rings. The molecule has 1 aromatic rings. The molecule has 1 fully saturated rings. The molecule has 0 atom stereocenters. The molecule has 0 bridgehead atoms. The fraction of sp³-hybridized carbons (Fsp3) is 0.444. The van der Waals surface area contributed by atoms with Gasteiger partial charge in [0, 0.05) is 0 Å². The number of carboxylic acid groups (broad SMARTS) is 1. The Labute approximate surface area is 80.2 Å². The summed E-state index contributed by atoms with van der Waals surface area (Å²) < 4.78 is 15.3. The molecule has 0 spiro atoms. The molecule has 1 aromatic heterocycles. The smallest absolute Gasteiger partial charge is 0.338 e. The molecule has 0 aromatic carbocycles. The molecule has 5 heteroatoms. The van der Waals surface area contributed by atoms with Crippen molar-refractivity contribution in [2.24, 2.45) is 0 Å². The largest absolute Gasteiger partial charge is 0.478 e. The van der Waals surface area contributed by atoms with Crippen LogP contribution in [0.4, 0.5) is 0 Å². The van der Waals surface area contributed by atoms with E-state index in [0.29, 0.717) is 25.6 Å². The molecular formula is C9H10O5. The maximum atomic E-state index is 10.5. The van der Waals surface area contributed by atoms with Crippen LogP contribution >= 0.6 is 0 Å². The molecule has 0 amide bonds. The minimum Gasteiger partial charge on any atom is -0.478 e. The Morgan fingerprint density at radius 1 is 1.64 bits per heavy atom. The van der Waals surface area contributed by atoms with E-state index in [0.717, 1.165) is 0 Å². The summed E-state index contributed by atoms with van der Waals surface area (Å²) in [5.41, 5.74) is 0.147. The third-order valence-electron chi connectivity index (χ3n) is 1.97. The van der Waals surface area contributed by atoms with Gasteiger partial charge in [0.05, 0.1) is 18.8 Å². The van der Waals surface area contributed by atoms with Crippen LogP contribution in [-0.4, -0.2) is 30.4 Å². The Kier molecular flexibility index (Phi) is 2.51. The quantitative estimate of drug-likeness (QED) is 0.778. The second kappa shape index (κ2) is 3.81. The number of carbonyl (C=O) groups is 1. The summed E-state index contributed by atoms with van der Waals surface area (Å²) in [6.07, 6.45) is 1.33. The molecule has 0 saturated carbocycles. The van der Waals surface area contributed by atoms with Gasteiger partial charge in [-0.05, 0) is 6.07 Å². The SMILES string of the molecule is O=C(O)c1coc(COC2COC2)c1. The van der Waals surface area contributed by atoms with E-state index in [1.54, 1.807) is 0 Å². The minimum atomic E-state index is -0.994. The zero-order valence-electron chi connectivity index (χ0n) is 7.43. The monoisotopic (exact) mass is 198 g/mol. The fourth-order valence-corrected chi connectivity index (χ4v) is 1.08. The van der Waals surface area contributed by atoms with E-state index in [2.05, 4.69) is 0 Å². The van der Waals surface area contributed by atoms with Crippen LogP contribution in [0.3, 0.4) is 0 Å². The summed E-state index contributed by atoms with van der Waals surface area (Å²) in [6, 6.07) is 1.46. The molecule has 5 nitrogen and oxygen atoms in total. The van der Waals surface area contributed by atoms with Crippen molar-refractivity contribution in [3.8, 4) is 0 Å². The third kappa shape index (κ3) is 1.94. The molecule has 2 heterocycles. The number of hydrogen-bond acceptors (Lipinski definition) is 4. The Balaban J connectivity index is 1.86. The van der Waals surface area contributed by atoms with Crippen molar-refractivity contribution < 1.29 is 23.8 Å². The van der Waals surface area contributed by atoms with E-state index in [9.17, 15) is 4.79 Å². The minimum absolute atomic E-state index is 0.119. The van der Waals surface area contributed by atoms with E-state index in [-0.39, 0.29) is 11.7 Å². The van der Waals surface area contributed by atoms with Crippen molar-refractivity contribution in [1.82, 2.24) is 0 Å². The van der Waals surface area contributed by atoms with Gasteiger partial charge >= 0.3 is 5.97 Å². The highest BCUT2D eigenvalue weighted by Gasteiger charge is 2.19. The van der Waals surface area contributed by atoms with Crippen molar-refractivity contribution >= 4 is 5.97 Å². The number of carboxylic acids is 1. The van der Waals surface area contributed by atoms with Gasteiger partial charge in [0.25, 0.3) is 0 Å². The highest BCUT2D eigenvalue weighted by molar-refractivity contribution is 5.87. The van der Waals surface area contributed by atoms with Gasteiger partial charge in [-0.15, -0.1) is 0 Å². The Morgan fingerprint density at radius 2 is 2.43 bits per heavy atom. The lowest BCUT2D eigenvalue weighted by Gasteiger charge is -2.25. The number of furan rings is 1. The summed E-state index contributed by atoms with van der Waals surface area (Å²) >= 11 is 0. The van der Waals surface area contributed by atoms with E-state index >= 15 is 0 Å². The lowest BCUT2D eigenvalue weighted by molar-refractivity contribution is -0.137. The van der Waals surface area contributed by atoms with Gasteiger partial charge in [-0.3, -0.25) is 0 Å². The van der Waals surface area contributed by atoms with E-state index < -0.39 is 5.97 Å². The van der Waals surface area contributed by atoms with Gasteiger partial charge in [0.15, 0.2) is 0 Å². The highest BCUT2D eigenvalue weighted by Crippen LogP contribution is 2.12. The maximum absolute atomic E-state index is 10.5. The molecule has 0 radical (unpaired) electrons. The Morgan fingerprint density at radius 3 is 2.93 bits per heavy atom. The predicted molar refractivity (Wildman–Crippen MR) is 45.1 cm³/mol. The summed E-state index contributed by atoms with van der Waals surface area (Å²) in [7, 11) is 0. The zero-order valence-corrected chi connectivity index (χ0v) is 7.43. The lowest BCUT2D eigenvalue weighted by Crippen LogP contribution is -2.35. The average molecular weight is 198 g/mol. The van der Waals surface area contributed by atoms with Crippen LogP contribution in [0.2, 0.25) is 0 Å². The summed E-state index contributed by atoms with van der Waals surface area (Å²) in [5.74, 6) is -0.471. The van der Waals surface area contributed by atoms with Crippen LogP contribution in [0.1, 0.15) is 16.1 Å². The van der Waals surface area contributed by atoms with Gasteiger partial charge in [-0.25, -0.2) is 4.79 Å². The van der Waals surface area contributed by atoms with Crippen molar-refractivity contribution in [3.63, 3.8) is 0 Å². The molecule has 1 N–H and O–H groups in total. The molecule has 2 rings (SSSR count). The van der Waals surface area contributed by atoms with Crippen molar-refractivity contribution in [1.29, 1.82) is 0 Å². The summed E-state index contributed by atoms with van der Waals surface area (Å²) in [5, 5.41) is 8.61. The number of hydrogen-bond donors (Lipinski definition) is 1. The van der Waals surface area contributed by atoms with Crippen molar-refractivity contribution in [3.05, 3.63) is 23.7 Å². The van der Waals surface area contributed by atoms with Gasteiger partial charge in [-0.2, -0.15) is 0 Å². The standard InChI is InChI=1S/C9H10O5/c10-9(11)6-1-7(13-2-6)5-14-8-3-12-4-8/h1-2,8H,3-5H2,(H,10,11). The van der Waals surface area contributed by atoms with E-state index in [1.807, 2.05) is 0 Å². The molecular weight excluding hydrogens is 188 g/mol. The first kappa shape index (κ1) is 9.23. The van der Waals surface area contributed by atoms with Crippen LogP contribution in [-0.2, 0) is 16.1 Å². The van der Waals surface area contributed by atoms with Crippen LogP contribution in [0.25, 0.3) is 0 Å². The third-order valence-corrected chi connectivity index (χ3v) is 1.97. The molecule has 14 heavy (non-hydrogen) atoms. The zero-order chi connectivity index (χ0) is 9.97. The topological polar surface area (TPSA) is 68.9 Å². The van der Waals surface area contributed by atoms with Gasteiger partial charge in [-0.1, -0.05) is 0 Å². The number of rotatable bonds is 4. The van der Waals surface area contributed by atoms with Crippen LogP contribution in [0.5, 0.6) is 0 Å². The van der Waals surface area contributed by atoms with Crippen molar-refractivity contribution in [2.45, 2.75) is 12.7 Å². The molecule has 0 unspecified atom stereocenters. The van der Waals surface area contributed by atoms with Crippen molar-refractivity contribution in [2.75, 3.05) is 13.2 Å². The van der Waals surface area contributed by atoms with Gasteiger partial charge in [0.1, 0.15) is 24.7 Å². The number of aromatic carboxylic acids is 1. The molecule has 76 valence electrons. The Bertz CT molecular complexity index is 326. The van der Waals surface area contributed by atoms with Gasteiger partial charge in [0.2, 0.25) is 0 Å². The Hall–Kier alpha value is -1.33. The summed E-state index contributed by atoms with van der Waals surface area (Å²) in [6.45, 7) is 1.50. The normalized spacial score (nSPS) is 16.6. The summed E-state index contributed by atoms with van der Waals surface area (Å²) in [4.78, 5) is 10.5. The second-order valence-corrected chi connectivity index (χ2v) is 3.08. The van der Waals surface area contributed by atoms with Gasteiger partial charge < -0.3 is 19.0 Å². The first-order chi connectivity index (χ1) is 6.75. The first-order valence-electron chi connectivity index (χ1n) is 4.26. The van der Waals surface area contributed by atoms with Crippen LogP contribution in [0, 0.1) is 0 Å². The molecule has 1 aliphatic heterocycles. The highest BCUT2D eigenvalue weighted by atomic mass is 16.6. The van der Waals surface area contributed by atoms with Crippen LogP contribution in [0.15, 0.2) is 16.7 Å². The predicted octanol–water partition coefficient (Wildman–Crippen LogP) is 0.893. The van der Waals surface area contributed by atoms with E-state index in [4.69, 9.17) is 19.0 Å². The fourth-order valence-electron chi connectivity index (χ4n) is 1.08. The number of ether oxygens (including phenoxy) is 2. The maximum Gasteiger partial charge on any atom is 0.338 e. The first-order valence-corrected chi connectivity index (χ1v) is 4.26. The lowest BCUT2D eigenvalue weighted by atomic mass is 10.3. The average Bonchev–Trinajstić information content (AvgIpc) is 2.50. The molecule has 1 saturated heterocycles.